The summed E-state index contributed by atoms with van der Waals surface area (Å²) in [6.45, 7) is 12.7. The fourth-order valence-corrected chi connectivity index (χ4v) is 5.12. The highest BCUT2D eigenvalue weighted by Gasteiger charge is 2.35. The lowest BCUT2D eigenvalue weighted by Gasteiger charge is -2.23. The van der Waals surface area contributed by atoms with E-state index >= 15 is 0 Å². The van der Waals surface area contributed by atoms with Gasteiger partial charge in [0.15, 0.2) is 0 Å². The summed E-state index contributed by atoms with van der Waals surface area (Å²) < 4.78 is 5.05. The molecule has 0 saturated heterocycles. The first-order chi connectivity index (χ1) is 17.7. The van der Waals surface area contributed by atoms with Gasteiger partial charge in [0, 0.05) is 17.1 Å². The number of benzene rings is 3. The third kappa shape index (κ3) is 4.21. The summed E-state index contributed by atoms with van der Waals surface area (Å²) in [5.41, 5.74) is 18.3. The maximum absolute atomic E-state index is 11.3. The van der Waals surface area contributed by atoms with Crippen molar-refractivity contribution in [2.45, 2.75) is 19.3 Å². The van der Waals surface area contributed by atoms with E-state index in [9.17, 15) is 4.79 Å². The number of carbonyl (C=O) groups excluding carboxylic acids is 1. The molecular formula is C33H30N2O2. The molecule has 0 saturated carbocycles. The normalized spacial score (nSPS) is 15.6. The zero-order valence-corrected chi connectivity index (χ0v) is 21.4. The van der Waals surface area contributed by atoms with Gasteiger partial charge in [-0.05, 0) is 74.4 Å². The van der Waals surface area contributed by atoms with Gasteiger partial charge in [-0.3, -0.25) is 4.79 Å². The van der Waals surface area contributed by atoms with Crippen LogP contribution in [0.5, 0.6) is 0 Å². The Labute approximate surface area is 218 Å². The molecule has 0 unspecified atom stereocenters. The van der Waals surface area contributed by atoms with Crippen LogP contribution in [0.1, 0.15) is 36.1 Å². The molecule has 1 aliphatic carbocycles. The molecule has 0 radical (unpaired) electrons. The number of rotatable bonds is 7. The number of ether oxygens (including phenoxy) is 1. The molecule has 3 aromatic carbocycles. The van der Waals surface area contributed by atoms with Crippen LogP contribution in [0, 0.1) is 0 Å². The second-order valence-electron chi connectivity index (χ2n) is 9.91. The van der Waals surface area contributed by atoms with Gasteiger partial charge in [-0.15, -0.1) is 0 Å². The van der Waals surface area contributed by atoms with Crippen LogP contribution in [-0.2, 0) is 14.9 Å². The molecule has 0 bridgehead atoms. The second kappa shape index (κ2) is 9.14. The quantitative estimate of drug-likeness (QED) is 0.288. The standard InChI is InChI=1S/C33H30N2O2/c1-6-21(30(34)19-37-5)14-20(2)22-10-12-26-27-13-11-24(17-29(27)33(3,4)28(26)16-22)23-8-7-9-25(15-23)31-18-32(36)35-31/h6-19H,1-2,34H2,3-5H3,(H,35,36)/b21-14+,30-19-. The number of fused-ring (bicyclic) bond motifs is 3. The number of carbonyl (C=O) groups is 1. The van der Waals surface area contributed by atoms with E-state index in [1.807, 2.05) is 18.2 Å². The topological polar surface area (TPSA) is 64.4 Å². The van der Waals surface area contributed by atoms with E-state index in [1.54, 1.807) is 19.3 Å². The molecule has 2 aliphatic rings. The van der Waals surface area contributed by atoms with Crippen molar-refractivity contribution in [1.29, 1.82) is 0 Å². The number of nitrogens with two attached hydrogens (primary N) is 1. The zero-order valence-electron chi connectivity index (χ0n) is 21.4. The van der Waals surface area contributed by atoms with Crippen LogP contribution in [0.2, 0.25) is 0 Å². The number of methoxy groups -OCH3 is 1. The predicted molar refractivity (Wildman–Crippen MR) is 152 cm³/mol. The van der Waals surface area contributed by atoms with Crippen molar-refractivity contribution in [1.82, 2.24) is 5.32 Å². The Hall–Kier alpha value is -4.57. The summed E-state index contributed by atoms with van der Waals surface area (Å²) >= 11 is 0. The van der Waals surface area contributed by atoms with Crippen molar-refractivity contribution in [2.75, 3.05) is 7.11 Å². The van der Waals surface area contributed by atoms with Gasteiger partial charge < -0.3 is 15.8 Å². The third-order valence-corrected chi connectivity index (χ3v) is 7.21. The Bertz CT molecular complexity index is 1570. The van der Waals surface area contributed by atoms with Crippen molar-refractivity contribution >= 4 is 17.2 Å². The van der Waals surface area contributed by atoms with Crippen molar-refractivity contribution in [3.05, 3.63) is 132 Å². The minimum absolute atomic E-state index is 0.0504. The van der Waals surface area contributed by atoms with E-state index in [0.29, 0.717) is 5.70 Å². The van der Waals surface area contributed by atoms with E-state index in [1.165, 1.54) is 28.5 Å². The Balaban J connectivity index is 1.50. The molecule has 184 valence electrons. The van der Waals surface area contributed by atoms with Gasteiger partial charge in [-0.2, -0.15) is 0 Å². The first-order valence-corrected chi connectivity index (χ1v) is 12.2. The minimum atomic E-state index is -0.182. The maximum atomic E-state index is 11.3. The molecule has 1 amide bonds. The third-order valence-electron chi connectivity index (χ3n) is 7.21. The lowest BCUT2D eigenvalue weighted by atomic mass is 9.80. The molecule has 0 aromatic heterocycles. The Morgan fingerprint density at radius 3 is 2.30 bits per heavy atom. The average Bonchev–Trinajstić information content (AvgIpc) is 3.11. The summed E-state index contributed by atoms with van der Waals surface area (Å²) in [6.07, 6.45) is 6.76. The van der Waals surface area contributed by atoms with Crippen molar-refractivity contribution in [3.63, 3.8) is 0 Å². The molecule has 0 spiro atoms. The molecule has 3 N–H and O–H groups in total. The molecule has 1 heterocycles. The van der Waals surface area contributed by atoms with Crippen LogP contribution in [0.15, 0.2) is 110 Å². The molecule has 0 atom stereocenters. The summed E-state index contributed by atoms with van der Waals surface area (Å²) in [6, 6.07) is 21.5. The fraction of sp³-hybridized carbons (Fsp3) is 0.121. The molecule has 5 rings (SSSR count). The monoisotopic (exact) mass is 486 g/mol. The predicted octanol–water partition coefficient (Wildman–Crippen LogP) is 6.70. The summed E-state index contributed by atoms with van der Waals surface area (Å²) in [7, 11) is 1.57. The SMILES string of the molecule is C=CC(=C\C(=C)c1ccc2c(c1)C(C)(C)c1cc(-c3cccc(C4=CC(=O)N4)c3)ccc1-2)/C(N)=C/OC. The number of allylic oxidation sites excluding steroid dienone is 3. The van der Waals surface area contributed by atoms with Gasteiger partial charge in [0.05, 0.1) is 18.5 Å². The largest absolute Gasteiger partial charge is 0.502 e. The molecule has 3 aromatic rings. The lowest BCUT2D eigenvalue weighted by molar-refractivity contribution is -0.116. The van der Waals surface area contributed by atoms with Gasteiger partial charge in [-0.1, -0.05) is 75.5 Å². The number of hydrogen-bond acceptors (Lipinski definition) is 3. The van der Waals surface area contributed by atoms with Gasteiger partial charge in [0.1, 0.15) is 6.26 Å². The average molecular weight is 487 g/mol. The van der Waals surface area contributed by atoms with E-state index in [2.05, 4.69) is 80.9 Å². The van der Waals surface area contributed by atoms with Crippen LogP contribution in [0.25, 0.3) is 33.5 Å². The van der Waals surface area contributed by atoms with E-state index in [-0.39, 0.29) is 11.3 Å². The van der Waals surface area contributed by atoms with E-state index in [0.717, 1.165) is 39.1 Å². The fourth-order valence-electron chi connectivity index (χ4n) is 5.12. The number of nitrogens with one attached hydrogen (secondary N) is 1. The Kier molecular flexibility index (Phi) is 5.96. The zero-order chi connectivity index (χ0) is 26.3. The van der Waals surface area contributed by atoms with E-state index in [4.69, 9.17) is 10.5 Å². The number of amides is 1. The van der Waals surface area contributed by atoms with Crippen molar-refractivity contribution in [2.24, 2.45) is 5.73 Å². The lowest BCUT2D eigenvalue weighted by Crippen LogP contribution is -2.29. The van der Waals surface area contributed by atoms with Gasteiger partial charge in [0.2, 0.25) is 5.91 Å². The summed E-state index contributed by atoms with van der Waals surface area (Å²) in [5, 5.41) is 2.84. The first kappa shape index (κ1) is 24.1. The molecule has 4 nitrogen and oxygen atoms in total. The van der Waals surface area contributed by atoms with Gasteiger partial charge >= 0.3 is 0 Å². The first-order valence-electron chi connectivity index (χ1n) is 12.2. The number of hydrogen-bond donors (Lipinski definition) is 2. The minimum Gasteiger partial charge on any atom is -0.502 e. The van der Waals surface area contributed by atoms with Crippen molar-refractivity contribution < 1.29 is 9.53 Å². The molecule has 37 heavy (non-hydrogen) atoms. The van der Waals surface area contributed by atoms with Gasteiger partial charge in [-0.25, -0.2) is 0 Å². The van der Waals surface area contributed by atoms with E-state index < -0.39 is 0 Å². The van der Waals surface area contributed by atoms with Crippen LogP contribution >= 0.6 is 0 Å². The van der Waals surface area contributed by atoms with Crippen LogP contribution in [-0.4, -0.2) is 13.0 Å². The van der Waals surface area contributed by atoms with Gasteiger partial charge in [0.25, 0.3) is 0 Å². The Morgan fingerprint density at radius 2 is 1.62 bits per heavy atom. The summed E-state index contributed by atoms with van der Waals surface area (Å²) in [4.78, 5) is 11.3. The highest BCUT2D eigenvalue weighted by atomic mass is 16.5. The summed E-state index contributed by atoms with van der Waals surface area (Å²) in [5.74, 6) is -0.0504. The highest BCUT2D eigenvalue weighted by Crippen LogP contribution is 2.50. The van der Waals surface area contributed by atoms with Crippen LogP contribution in [0.3, 0.4) is 0 Å². The van der Waals surface area contributed by atoms with Crippen molar-refractivity contribution in [3.8, 4) is 22.3 Å². The maximum Gasteiger partial charge on any atom is 0.250 e. The smallest absolute Gasteiger partial charge is 0.250 e. The second-order valence-corrected chi connectivity index (χ2v) is 9.91. The van der Waals surface area contributed by atoms with Crippen LogP contribution < -0.4 is 11.1 Å². The van der Waals surface area contributed by atoms with Crippen LogP contribution in [0.4, 0.5) is 0 Å². The molecule has 4 heteroatoms. The highest BCUT2D eigenvalue weighted by molar-refractivity contribution is 6.08. The molecule has 1 aliphatic heterocycles. The molecular weight excluding hydrogens is 456 g/mol. The molecule has 0 fully saturated rings. The Morgan fingerprint density at radius 1 is 0.973 bits per heavy atom.